The molecule has 1 aromatic carbocycles. The van der Waals surface area contributed by atoms with E-state index in [2.05, 4.69) is 0 Å². The van der Waals surface area contributed by atoms with Gasteiger partial charge in [-0.15, -0.1) is 0 Å². The summed E-state index contributed by atoms with van der Waals surface area (Å²) in [5.41, 5.74) is 0.972. The first-order valence-corrected chi connectivity index (χ1v) is 4.13. The standard InChI is InChI=1S/C9H8O.C2H4O/c1-7-6-8-4-2-3-5-9(8)10-7;1-2-3/h2-6H,1H3;2H,1H3. The van der Waals surface area contributed by atoms with Gasteiger partial charge in [-0.25, -0.2) is 0 Å². The van der Waals surface area contributed by atoms with Crippen LogP contribution in [-0.2, 0) is 4.79 Å². The maximum atomic E-state index is 8.81. The molecule has 0 fully saturated rings. The van der Waals surface area contributed by atoms with Gasteiger partial charge < -0.3 is 9.21 Å². The summed E-state index contributed by atoms with van der Waals surface area (Å²) in [5.74, 6) is 0.973. The summed E-state index contributed by atoms with van der Waals surface area (Å²) in [6.45, 7) is 3.40. The smallest absolute Gasteiger partial charge is 0.134 e. The molecule has 0 aliphatic rings. The SMILES string of the molecule is CC=O.Cc1cc2ccccc2o1. The van der Waals surface area contributed by atoms with E-state index in [9.17, 15) is 0 Å². The second-order valence-corrected chi connectivity index (χ2v) is 2.63. The van der Waals surface area contributed by atoms with Gasteiger partial charge in [0.25, 0.3) is 0 Å². The number of carbonyl (C=O) groups is 1. The van der Waals surface area contributed by atoms with Gasteiger partial charge in [-0.1, -0.05) is 18.2 Å². The van der Waals surface area contributed by atoms with Gasteiger partial charge in [0, 0.05) is 5.39 Å². The number of aryl methyl sites for hydroxylation is 1. The van der Waals surface area contributed by atoms with E-state index in [0.717, 1.165) is 17.6 Å². The Labute approximate surface area is 77.2 Å². The molecular formula is C11H12O2. The predicted octanol–water partition coefficient (Wildman–Crippen LogP) is 2.95. The molecule has 68 valence electrons. The van der Waals surface area contributed by atoms with Crippen LogP contribution in [0.4, 0.5) is 0 Å². The number of hydrogen-bond acceptors (Lipinski definition) is 2. The van der Waals surface area contributed by atoms with Crippen LogP contribution in [0.2, 0.25) is 0 Å². The van der Waals surface area contributed by atoms with Gasteiger partial charge >= 0.3 is 0 Å². The molecule has 0 bridgehead atoms. The first-order valence-electron chi connectivity index (χ1n) is 4.13. The van der Waals surface area contributed by atoms with Crippen LogP contribution in [0.3, 0.4) is 0 Å². The molecule has 1 heterocycles. The highest BCUT2D eigenvalue weighted by Crippen LogP contribution is 2.17. The van der Waals surface area contributed by atoms with Crippen LogP contribution in [-0.4, -0.2) is 6.29 Å². The summed E-state index contributed by atoms with van der Waals surface area (Å²) in [5, 5.41) is 1.18. The molecule has 1 aromatic heterocycles. The minimum Gasteiger partial charge on any atom is -0.461 e. The molecule has 2 aromatic rings. The third-order valence-corrected chi connectivity index (χ3v) is 1.55. The summed E-state index contributed by atoms with van der Waals surface area (Å²) in [4.78, 5) is 8.81. The van der Waals surface area contributed by atoms with Crippen molar-refractivity contribution in [2.45, 2.75) is 13.8 Å². The van der Waals surface area contributed by atoms with E-state index in [4.69, 9.17) is 9.21 Å². The zero-order valence-electron chi connectivity index (χ0n) is 7.78. The van der Waals surface area contributed by atoms with Crippen molar-refractivity contribution in [3.63, 3.8) is 0 Å². The number of carbonyl (C=O) groups excluding carboxylic acids is 1. The molecule has 13 heavy (non-hydrogen) atoms. The minimum absolute atomic E-state index is 0.750. The number of aldehydes is 1. The lowest BCUT2D eigenvalue weighted by molar-refractivity contribution is -0.106. The second kappa shape index (κ2) is 4.45. The Balaban J connectivity index is 0.000000251. The van der Waals surface area contributed by atoms with Gasteiger partial charge in [0.2, 0.25) is 0 Å². The Morgan fingerprint density at radius 3 is 2.54 bits per heavy atom. The maximum absolute atomic E-state index is 8.81. The molecule has 2 rings (SSSR count). The summed E-state index contributed by atoms with van der Waals surface area (Å²) in [6.07, 6.45) is 0.750. The highest BCUT2D eigenvalue weighted by atomic mass is 16.3. The Morgan fingerprint density at radius 2 is 1.92 bits per heavy atom. The minimum atomic E-state index is 0.750. The van der Waals surface area contributed by atoms with E-state index in [-0.39, 0.29) is 0 Å². The monoisotopic (exact) mass is 176 g/mol. The van der Waals surface area contributed by atoms with Crippen molar-refractivity contribution in [1.29, 1.82) is 0 Å². The lowest BCUT2D eigenvalue weighted by atomic mass is 10.2. The van der Waals surface area contributed by atoms with Gasteiger partial charge in [-0.3, -0.25) is 0 Å². The highest BCUT2D eigenvalue weighted by Gasteiger charge is 1.95. The quantitative estimate of drug-likeness (QED) is 0.578. The number of hydrogen-bond donors (Lipinski definition) is 0. The number of furan rings is 1. The summed E-state index contributed by atoms with van der Waals surface area (Å²) in [6, 6.07) is 10.0. The van der Waals surface area contributed by atoms with E-state index < -0.39 is 0 Å². The molecule has 0 N–H and O–H groups in total. The van der Waals surface area contributed by atoms with Crippen LogP contribution in [0, 0.1) is 6.92 Å². The van der Waals surface area contributed by atoms with Crippen molar-refractivity contribution in [3.8, 4) is 0 Å². The van der Waals surface area contributed by atoms with E-state index in [1.54, 1.807) is 0 Å². The number of fused-ring (bicyclic) bond motifs is 1. The van der Waals surface area contributed by atoms with Crippen LogP contribution < -0.4 is 0 Å². The van der Waals surface area contributed by atoms with Crippen LogP contribution in [0.1, 0.15) is 12.7 Å². The summed E-state index contributed by atoms with van der Waals surface area (Å²) >= 11 is 0. The summed E-state index contributed by atoms with van der Waals surface area (Å²) in [7, 11) is 0. The molecule has 0 saturated heterocycles. The zero-order chi connectivity index (χ0) is 9.68. The largest absolute Gasteiger partial charge is 0.461 e. The van der Waals surface area contributed by atoms with Gasteiger partial charge in [0.15, 0.2) is 0 Å². The van der Waals surface area contributed by atoms with Crippen molar-refractivity contribution in [3.05, 3.63) is 36.1 Å². The first-order chi connectivity index (χ1) is 6.27. The van der Waals surface area contributed by atoms with Gasteiger partial charge in [0.1, 0.15) is 17.6 Å². The number of para-hydroxylation sites is 1. The fourth-order valence-corrected chi connectivity index (χ4v) is 1.11. The molecule has 0 saturated carbocycles. The molecular weight excluding hydrogens is 164 g/mol. The van der Waals surface area contributed by atoms with Crippen LogP contribution in [0.5, 0.6) is 0 Å². The van der Waals surface area contributed by atoms with Crippen molar-refractivity contribution in [2.24, 2.45) is 0 Å². The molecule has 2 nitrogen and oxygen atoms in total. The number of rotatable bonds is 0. The molecule has 0 atom stereocenters. The van der Waals surface area contributed by atoms with Crippen molar-refractivity contribution in [1.82, 2.24) is 0 Å². The molecule has 0 unspecified atom stereocenters. The highest BCUT2D eigenvalue weighted by molar-refractivity contribution is 5.77. The second-order valence-electron chi connectivity index (χ2n) is 2.63. The Hall–Kier alpha value is -1.57. The lowest BCUT2D eigenvalue weighted by Gasteiger charge is -1.82. The van der Waals surface area contributed by atoms with Crippen LogP contribution >= 0.6 is 0 Å². The molecule has 0 radical (unpaired) electrons. The van der Waals surface area contributed by atoms with Crippen molar-refractivity contribution < 1.29 is 9.21 Å². The van der Waals surface area contributed by atoms with Gasteiger partial charge in [-0.2, -0.15) is 0 Å². The van der Waals surface area contributed by atoms with Gasteiger partial charge in [-0.05, 0) is 26.0 Å². The Bertz CT molecular complexity index is 355. The van der Waals surface area contributed by atoms with Crippen molar-refractivity contribution in [2.75, 3.05) is 0 Å². The molecule has 0 aliphatic heterocycles. The van der Waals surface area contributed by atoms with E-state index >= 15 is 0 Å². The van der Waals surface area contributed by atoms with E-state index in [0.29, 0.717) is 0 Å². The molecule has 0 amide bonds. The Kier molecular flexibility index (Phi) is 3.26. The Morgan fingerprint density at radius 1 is 1.31 bits per heavy atom. The van der Waals surface area contributed by atoms with Crippen LogP contribution in [0.25, 0.3) is 11.0 Å². The fraction of sp³-hybridized carbons (Fsp3) is 0.182. The molecule has 2 heteroatoms. The van der Waals surface area contributed by atoms with Crippen molar-refractivity contribution >= 4 is 17.3 Å². The zero-order valence-corrected chi connectivity index (χ0v) is 7.78. The predicted molar refractivity (Wildman–Crippen MR) is 52.7 cm³/mol. The normalized spacial score (nSPS) is 9.08. The third-order valence-electron chi connectivity index (χ3n) is 1.55. The maximum Gasteiger partial charge on any atom is 0.134 e. The number of benzene rings is 1. The van der Waals surface area contributed by atoms with E-state index in [1.165, 1.54) is 12.3 Å². The fourth-order valence-electron chi connectivity index (χ4n) is 1.11. The average Bonchev–Trinajstić information content (AvgIpc) is 2.45. The summed E-state index contributed by atoms with van der Waals surface area (Å²) < 4.78 is 5.37. The average molecular weight is 176 g/mol. The molecule has 0 spiro atoms. The van der Waals surface area contributed by atoms with E-state index in [1.807, 2.05) is 37.3 Å². The first kappa shape index (κ1) is 9.52. The molecule has 0 aliphatic carbocycles. The van der Waals surface area contributed by atoms with Gasteiger partial charge in [0.05, 0.1) is 0 Å². The van der Waals surface area contributed by atoms with Crippen LogP contribution in [0.15, 0.2) is 34.7 Å². The third kappa shape index (κ3) is 2.44. The topological polar surface area (TPSA) is 30.2 Å². The lowest BCUT2D eigenvalue weighted by Crippen LogP contribution is -1.57.